The van der Waals surface area contributed by atoms with Crippen molar-refractivity contribution in [3.05, 3.63) is 33.7 Å². The van der Waals surface area contributed by atoms with Gasteiger partial charge in [-0.3, -0.25) is 9.48 Å². The molecule has 0 unspecified atom stereocenters. The summed E-state index contributed by atoms with van der Waals surface area (Å²) in [7, 11) is 1.51. The van der Waals surface area contributed by atoms with Gasteiger partial charge in [-0.25, -0.2) is 0 Å². The lowest BCUT2D eigenvalue weighted by Crippen LogP contribution is -2.12. The highest BCUT2D eigenvalue weighted by Crippen LogP contribution is 2.23. The number of aryl methyl sites for hydroxylation is 2. The van der Waals surface area contributed by atoms with E-state index in [-0.39, 0.29) is 12.2 Å². The molecule has 0 amide bonds. The normalized spacial score (nSPS) is 10.7. The summed E-state index contributed by atoms with van der Waals surface area (Å²) in [5.41, 5.74) is 2.15. The Hall–Kier alpha value is -1.76. The van der Waals surface area contributed by atoms with Gasteiger partial charge in [-0.1, -0.05) is 6.92 Å². The first-order valence-electron chi connectivity index (χ1n) is 6.75. The topological polar surface area (TPSA) is 69.9 Å². The zero-order valence-corrected chi connectivity index (χ0v) is 13.8. The molecule has 0 fully saturated rings. The van der Waals surface area contributed by atoms with Crippen LogP contribution in [0.15, 0.2) is 16.6 Å². The van der Waals surface area contributed by atoms with Gasteiger partial charge in [0.15, 0.2) is 5.78 Å². The third-order valence-corrected chi connectivity index (χ3v) is 4.07. The number of halogens is 1. The SMILES string of the molecule is CCc1nn(CC)c(CC(=O)c2ccc(OC)nn2)c1Br. The molecule has 6 nitrogen and oxygen atoms in total. The van der Waals surface area contributed by atoms with Crippen LogP contribution in [0.5, 0.6) is 5.88 Å². The first-order valence-corrected chi connectivity index (χ1v) is 7.54. The maximum absolute atomic E-state index is 12.3. The lowest BCUT2D eigenvalue weighted by atomic mass is 10.1. The fraction of sp³-hybridized carbons (Fsp3) is 0.429. The second-order valence-corrected chi connectivity index (χ2v) is 5.23. The lowest BCUT2D eigenvalue weighted by Gasteiger charge is -2.05. The molecular weight excluding hydrogens is 336 g/mol. The van der Waals surface area contributed by atoms with Crippen molar-refractivity contribution >= 4 is 21.7 Å². The van der Waals surface area contributed by atoms with Crippen LogP contribution in [0.3, 0.4) is 0 Å². The Bertz CT molecular complexity index is 637. The average molecular weight is 353 g/mol. The zero-order chi connectivity index (χ0) is 15.4. The van der Waals surface area contributed by atoms with Crippen molar-refractivity contribution in [3.63, 3.8) is 0 Å². The van der Waals surface area contributed by atoms with Gasteiger partial charge >= 0.3 is 0 Å². The van der Waals surface area contributed by atoms with Crippen molar-refractivity contribution in [1.29, 1.82) is 0 Å². The highest BCUT2D eigenvalue weighted by molar-refractivity contribution is 9.10. The monoisotopic (exact) mass is 352 g/mol. The van der Waals surface area contributed by atoms with Crippen LogP contribution in [-0.2, 0) is 19.4 Å². The Morgan fingerprint density at radius 2 is 2.10 bits per heavy atom. The Kier molecular flexibility index (Phi) is 5.06. The summed E-state index contributed by atoms with van der Waals surface area (Å²) >= 11 is 3.54. The molecule has 2 aromatic heterocycles. The summed E-state index contributed by atoms with van der Waals surface area (Å²) in [6, 6.07) is 3.25. The maximum Gasteiger partial charge on any atom is 0.233 e. The third kappa shape index (κ3) is 3.29. The largest absolute Gasteiger partial charge is 0.480 e. The second kappa shape index (κ2) is 6.80. The molecule has 0 aliphatic heterocycles. The quantitative estimate of drug-likeness (QED) is 0.746. The van der Waals surface area contributed by atoms with Gasteiger partial charge in [0.2, 0.25) is 5.88 Å². The van der Waals surface area contributed by atoms with Crippen LogP contribution in [0, 0.1) is 0 Å². The van der Waals surface area contributed by atoms with Gasteiger partial charge in [-0.15, -0.1) is 10.2 Å². The van der Waals surface area contributed by atoms with E-state index in [0.717, 1.165) is 28.8 Å². The first-order chi connectivity index (χ1) is 10.1. The summed E-state index contributed by atoms with van der Waals surface area (Å²) in [4.78, 5) is 12.3. The molecule has 0 N–H and O–H groups in total. The van der Waals surface area contributed by atoms with Gasteiger partial charge in [0.1, 0.15) is 5.69 Å². The summed E-state index contributed by atoms with van der Waals surface area (Å²) in [6.45, 7) is 4.75. The van der Waals surface area contributed by atoms with Crippen LogP contribution in [-0.4, -0.2) is 32.9 Å². The van der Waals surface area contributed by atoms with E-state index in [2.05, 4.69) is 31.2 Å². The van der Waals surface area contributed by atoms with Gasteiger partial charge in [-0.2, -0.15) is 5.10 Å². The van der Waals surface area contributed by atoms with Gasteiger partial charge in [0, 0.05) is 12.6 Å². The molecule has 2 heterocycles. The highest BCUT2D eigenvalue weighted by Gasteiger charge is 2.18. The number of rotatable bonds is 6. The van der Waals surface area contributed by atoms with E-state index in [1.165, 1.54) is 7.11 Å². The fourth-order valence-electron chi connectivity index (χ4n) is 2.01. The number of ether oxygens (including phenoxy) is 1. The Labute approximate surface area is 131 Å². The van der Waals surface area contributed by atoms with E-state index < -0.39 is 0 Å². The summed E-state index contributed by atoms with van der Waals surface area (Å²) < 4.78 is 7.68. The highest BCUT2D eigenvalue weighted by atomic mass is 79.9. The minimum Gasteiger partial charge on any atom is -0.480 e. The predicted molar refractivity (Wildman–Crippen MR) is 81.6 cm³/mol. The zero-order valence-electron chi connectivity index (χ0n) is 12.3. The van der Waals surface area contributed by atoms with Gasteiger partial charge in [0.25, 0.3) is 0 Å². The second-order valence-electron chi connectivity index (χ2n) is 4.44. The van der Waals surface area contributed by atoms with Gasteiger partial charge < -0.3 is 4.74 Å². The van der Waals surface area contributed by atoms with Crippen LogP contribution < -0.4 is 4.74 Å². The molecule has 7 heteroatoms. The number of carbonyl (C=O) groups is 1. The van der Waals surface area contributed by atoms with Crippen molar-refractivity contribution < 1.29 is 9.53 Å². The van der Waals surface area contributed by atoms with E-state index in [4.69, 9.17) is 4.74 Å². The molecule has 0 radical (unpaired) electrons. The van der Waals surface area contributed by atoms with Crippen LogP contribution in [0.2, 0.25) is 0 Å². The molecule has 0 saturated carbocycles. The van der Waals surface area contributed by atoms with Crippen LogP contribution in [0.1, 0.15) is 35.7 Å². The standard InChI is InChI=1S/C14H17BrN4O2/c1-4-9-14(15)11(19(5-2)18-9)8-12(20)10-6-7-13(21-3)17-16-10/h6-7H,4-5,8H2,1-3H3. The molecule has 2 rings (SSSR count). The number of hydrogen-bond acceptors (Lipinski definition) is 5. The van der Waals surface area contributed by atoms with E-state index >= 15 is 0 Å². The predicted octanol–water partition coefficient (Wildman–Crippen LogP) is 2.45. The molecule has 0 atom stereocenters. The molecule has 0 aromatic carbocycles. The number of Topliss-reactive ketones (excluding diaryl/α,β-unsaturated/α-hetero) is 1. The molecule has 0 spiro atoms. The van der Waals surface area contributed by atoms with Crippen molar-refractivity contribution in [1.82, 2.24) is 20.0 Å². The lowest BCUT2D eigenvalue weighted by molar-refractivity contribution is 0.0984. The summed E-state index contributed by atoms with van der Waals surface area (Å²) in [6.07, 6.45) is 1.06. The van der Waals surface area contributed by atoms with Gasteiger partial charge in [0.05, 0.1) is 29.4 Å². The smallest absolute Gasteiger partial charge is 0.233 e. The summed E-state index contributed by atoms with van der Waals surface area (Å²) in [5, 5.41) is 12.2. The molecule has 0 aliphatic carbocycles. The Balaban J connectivity index is 2.24. The van der Waals surface area contributed by atoms with Crippen molar-refractivity contribution in [2.24, 2.45) is 0 Å². The minimum absolute atomic E-state index is 0.0943. The summed E-state index contributed by atoms with van der Waals surface area (Å²) in [5.74, 6) is 0.294. The van der Waals surface area contributed by atoms with Crippen LogP contribution in [0.4, 0.5) is 0 Å². The number of nitrogens with zero attached hydrogens (tertiary/aromatic N) is 4. The number of hydrogen-bond donors (Lipinski definition) is 0. The first kappa shape index (κ1) is 15.6. The Morgan fingerprint density at radius 1 is 1.33 bits per heavy atom. The number of carbonyl (C=O) groups excluding carboxylic acids is 1. The maximum atomic E-state index is 12.3. The van der Waals surface area contributed by atoms with Crippen molar-refractivity contribution in [2.75, 3.05) is 7.11 Å². The number of aromatic nitrogens is 4. The molecule has 2 aromatic rings. The molecule has 21 heavy (non-hydrogen) atoms. The molecule has 0 saturated heterocycles. The van der Waals surface area contributed by atoms with Crippen LogP contribution >= 0.6 is 15.9 Å². The number of ketones is 1. The molecular formula is C14H17BrN4O2. The molecule has 112 valence electrons. The molecule has 0 aliphatic rings. The van der Waals surface area contributed by atoms with E-state index in [1.807, 2.05) is 18.5 Å². The van der Waals surface area contributed by atoms with E-state index in [9.17, 15) is 4.79 Å². The van der Waals surface area contributed by atoms with Crippen molar-refractivity contribution in [3.8, 4) is 5.88 Å². The average Bonchev–Trinajstić information content (AvgIpc) is 2.83. The third-order valence-electron chi connectivity index (χ3n) is 3.16. The van der Waals surface area contributed by atoms with E-state index in [0.29, 0.717) is 11.6 Å². The minimum atomic E-state index is -0.0943. The molecule has 0 bridgehead atoms. The fourth-order valence-corrected chi connectivity index (χ4v) is 2.71. The Morgan fingerprint density at radius 3 is 2.62 bits per heavy atom. The van der Waals surface area contributed by atoms with E-state index in [1.54, 1.807) is 12.1 Å². The number of methoxy groups -OCH3 is 1. The van der Waals surface area contributed by atoms with Gasteiger partial charge in [-0.05, 0) is 35.3 Å². The van der Waals surface area contributed by atoms with Crippen molar-refractivity contribution in [2.45, 2.75) is 33.2 Å². The van der Waals surface area contributed by atoms with Crippen LogP contribution in [0.25, 0.3) is 0 Å².